The molecule has 0 spiro atoms. The Hall–Kier alpha value is 1.08. The van der Waals surface area contributed by atoms with Crippen LogP contribution in [0.1, 0.15) is 25.7 Å². The molecule has 0 heterocycles. The average molecular weight is 855 g/mol. The molecule has 0 aromatic heterocycles. The van der Waals surface area contributed by atoms with Crippen LogP contribution in [0.15, 0.2) is 0 Å². The minimum atomic E-state index is -6.69. The molecule has 2 unspecified atom stereocenters. The second-order valence-electron chi connectivity index (χ2n) is 9.75. The van der Waals surface area contributed by atoms with Crippen LogP contribution in [0.3, 0.4) is 0 Å². The molecule has 0 aliphatic carbocycles. The van der Waals surface area contributed by atoms with Gasteiger partial charge >= 0.3 is 60.8 Å². The van der Waals surface area contributed by atoms with Gasteiger partial charge in [-0.2, -0.15) is 0 Å². The largest absolute Gasteiger partial charge is 0.357 e. The smallest absolute Gasteiger partial charge is 0.328 e. The van der Waals surface area contributed by atoms with Crippen LogP contribution in [-0.4, -0.2) is 120 Å². The molecule has 47 heavy (non-hydrogen) atoms. The number of hydrogen-bond acceptors (Lipinski definition) is 12. The third-order valence-electron chi connectivity index (χ3n) is 5.85. The number of hydrogen-bond donors (Lipinski definition) is 18. The Labute approximate surface area is 264 Å². The fourth-order valence-electron chi connectivity index (χ4n) is 4.44. The zero-order chi connectivity index (χ0) is 37.9. The van der Waals surface area contributed by atoms with E-state index in [1.54, 1.807) is 5.32 Å². The molecule has 2 atom stereocenters. The van der Waals surface area contributed by atoms with Gasteiger partial charge in [0, 0.05) is 6.54 Å². The van der Waals surface area contributed by atoms with E-state index >= 15 is 0 Å². The van der Waals surface area contributed by atoms with Crippen molar-refractivity contribution in [2.45, 2.75) is 53.1 Å². The van der Waals surface area contributed by atoms with E-state index in [0.717, 1.165) is 0 Å². The van der Waals surface area contributed by atoms with E-state index in [-0.39, 0.29) is 0 Å². The number of nitrogens with one attached hydrogen (secondary N) is 2. The lowest BCUT2D eigenvalue weighted by Crippen LogP contribution is -2.63. The Balaban J connectivity index is 7.53. The highest BCUT2D eigenvalue weighted by Crippen LogP contribution is 2.75. The highest BCUT2D eigenvalue weighted by molar-refractivity contribution is 7.73. The summed E-state index contributed by atoms with van der Waals surface area (Å²) < 4.78 is 103. The predicted octanol–water partition coefficient (Wildman–Crippen LogP) is -2.91. The first-order chi connectivity index (χ1) is 20.5. The Morgan fingerprint density at radius 3 is 1.19 bits per heavy atom. The Morgan fingerprint density at radius 2 is 0.894 bits per heavy atom. The second-order valence-corrected chi connectivity index (χ2v) is 25.1. The summed E-state index contributed by atoms with van der Waals surface area (Å²) >= 11 is 0. The fourth-order valence-corrected chi connectivity index (χ4v) is 17.2. The highest BCUT2D eigenvalue weighted by atomic mass is 31.3. The van der Waals surface area contributed by atoms with Crippen LogP contribution in [0, 0.1) is 0 Å². The first-order valence-corrected chi connectivity index (χ1v) is 25.4. The summed E-state index contributed by atoms with van der Waals surface area (Å²) in [5.41, 5.74) is -5.61. The van der Waals surface area contributed by atoms with Crippen molar-refractivity contribution < 1.29 is 114 Å². The molecule has 0 saturated heterocycles. The first kappa shape index (κ1) is 48.1. The molecule has 0 fully saturated rings. The Kier molecular flexibility index (Phi) is 17.2. The van der Waals surface area contributed by atoms with Crippen molar-refractivity contribution in [1.82, 2.24) is 10.6 Å². The third kappa shape index (κ3) is 14.6. The van der Waals surface area contributed by atoms with Gasteiger partial charge < -0.3 is 83.7 Å². The van der Waals surface area contributed by atoms with E-state index < -0.39 is 134 Å². The Morgan fingerprint density at radius 1 is 0.532 bits per heavy atom. The van der Waals surface area contributed by atoms with E-state index in [1.165, 1.54) is 5.32 Å². The van der Waals surface area contributed by atoms with Crippen LogP contribution in [0.5, 0.6) is 0 Å². The molecule has 35 heteroatoms. The normalized spacial score (nSPS) is 17.0. The van der Waals surface area contributed by atoms with Crippen LogP contribution < -0.4 is 16.4 Å². The molecule has 0 radical (unpaired) electrons. The zero-order valence-corrected chi connectivity index (χ0v) is 30.5. The van der Waals surface area contributed by atoms with Gasteiger partial charge in [0.2, 0.25) is 11.0 Å². The van der Waals surface area contributed by atoms with E-state index in [1.807, 2.05) is 0 Å². The van der Waals surface area contributed by atoms with Crippen LogP contribution in [0.4, 0.5) is 0 Å². The molecular weight excluding hydrogens is 818 g/mol. The number of rotatable bonds is 22. The molecule has 0 amide bonds. The average Bonchev–Trinajstić information content (AvgIpc) is 2.74. The van der Waals surface area contributed by atoms with Crippen molar-refractivity contribution in [2.24, 2.45) is 5.73 Å². The summed E-state index contributed by atoms with van der Waals surface area (Å²) in [5.74, 6) is 0. The fraction of sp³-hybridized carbons (Fsp3) is 1.00. The van der Waals surface area contributed by atoms with Crippen molar-refractivity contribution in [3.05, 3.63) is 0 Å². The minimum absolute atomic E-state index is 0.528. The van der Waals surface area contributed by atoms with Crippen molar-refractivity contribution >= 4 is 60.8 Å². The summed E-state index contributed by atoms with van der Waals surface area (Å²) in [7, 11) is -50.2. The van der Waals surface area contributed by atoms with Crippen molar-refractivity contribution in [3.63, 3.8) is 0 Å². The molecule has 0 saturated carbocycles. The maximum Gasteiger partial charge on any atom is 0.357 e. The predicted molar refractivity (Wildman–Crippen MR) is 157 cm³/mol. The van der Waals surface area contributed by atoms with Gasteiger partial charge in [-0.1, -0.05) is 12.8 Å². The monoisotopic (exact) mass is 855 g/mol. The van der Waals surface area contributed by atoms with Gasteiger partial charge in [0.05, 0.1) is 12.1 Å². The van der Waals surface area contributed by atoms with Gasteiger partial charge in [-0.3, -0.25) is 47.2 Å². The molecular formula is C12H37N3O24P8. The summed E-state index contributed by atoms with van der Waals surface area (Å²) in [6.45, 7) is -2.41. The first-order valence-electron chi connectivity index (χ1n) is 12.0. The van der Waals surface area contributed by atoms with Gasteiger partial charge in [0.1, 0.15) is 0 Å². The van der Waals surface area contributed by atoms with E-state index in [0.29, 0.717) is 0 Å². The molecule has 27 nitrogen and oxygen atoms in total. The van der Waals surface area contributed by atoms with Crippen LogP contribution in [-0.2, 0) is 41.0 Å². The highest BCUT2D eigenvalue weighted by Gasteiger charge is 2.70. The summed E-state index contributed by atoms with van der Waals surface area (Å²) in [6, 6.07) is 0. The molecule has 0 aliphatic heterocycles. The molecule has 284 valence electrons. The van der Waals surface area contributed by atoms with E-state index in [4.69, 9.17) is 25.3 Å². The Bertz CT molecular complexity index is 1330. The topological polar surface area (TPSA) is 499 Å². The standard InChI is InChI=1S/C12H37N3O24P8/c13-5-7-39-47(37,38)11(46(34,35)36)15-12(8(40(16,17)18)41(19,20)21,9(42(22,23)24)43(25,26)27)4-2-1-3-6-14-10(44(28,29)30)45(31,32)33/h8-11,14-15H,1-7,13H2,(H,37,38)(H2,16,17,18)(H2,19,20,21)(H2,22,23,24)(H2,25,26,27)(H2,28,29,30)(H2,31,32,33)(H2,34,35,36). The lowest BCUT2D eigenvalue weighted by molar-refractivity contribution is 0.206. The molecule has 19 N–H and O–H groups in total. The van der Waals surface area contributed by atoms with Crippen molar-refractivity contribution in [1.29, 1.82) is 0 Å². The van der Waals surface area contributed by atoms with Gasteiger partial charge in [0.15, 0.2) is 10.8 Å². The quantitative estimate of drug-likeness (QED) is 0.0383. The van der Waals surface area contributed by atoms with Crippen LogP contribution >= 0.6 is 60.8 Å². The van der Waals surface area contributed by atoms with Crippen LogP contribution in [0.25, 0.3) is 0 Å². The van der Waals surface area contributed by atoms with Gasteiger partial charge in [-0.05, 0) is 19.4 Å². The third-order valence-corrected chi connectivity index (χ3v) is 21.1. The molecule has 0 aromatic carbocycles. The zero-order valence-electron chi connectivity index (χ0n) is 23.3. The SMILES string of the molecule is NCCOP(=O)(O)C(NC(CCCCCNC(P(=O)(O)O)P(=O)(O)O)(C(P(=O)(O)O)P(=O)(O)O)C(P(=O)(O)O)P(=O)(O)O)P(=O)(O)O. The van der Waals surface area contributed by atoms with Gasteiger partial charge in [0.25, 0.3) is 0 Å². The van der Waals surface area contributed by atoms with E-state index in [9.17, 15) is 90.3 Å². The van der Waals surface area contributed by atoms with Crippen molar-refractivity contribution in [2.75, 3.05) is 19.7 Å². The number of nitrogens with two attached hydrogens (primary N) is 1. The minimum Gasteiger partial charge on any atom is -0.328 e. The molecule has 0 rings (SSSR count). The van der Waals surface area contributed by atoms with Crippen molar-refractivity contribution in [3.8, 4) is 0 Å². The van der Waals surface area contributed by atoms with Crippen LogP contribution in [0.2, 0.25) is 0 Å². The maximum absolute atomic E-state index is 12.9. The number of unbranched alkanes of at least 4 members (excludes halogenated alkanes) is 2. The lowest BCUT2D eigenvalue weighted by Gasteiger charge is -2.48. The summed E-state index contributed by atoms with van der Waals surface area (Å²) in [4.78, 5) is 147. The molecule has 0 bridgehead atoms. The lowest BCUT2D eigenvalue weighted by atomic mass is 9.95. The summed E-state index contributed by atoms with van der Waals surface area (Å²) in [6.07, 6.45) is -3.87. The summed E-state index contributed by atoms with van der Waals surface area (Å²) in [5, 5.41) is -5.09. The second kappa shape index (κ2) is 16.8. The van der Waals surface area contributed by atoms with Gasteiger partial charge in [-0.25, -0.2) is 0 Å². The molecule has 0 aliphatic rings. The van der Waals surface area contributed by atoms with E-state index in [2.05, 4.69) is 4.52 Å². The van der Waals surface area contributed by atoms with Gasteiger partial charge in [-0.15, -0.1) is 0 Å². The maximum atomic E-state index is 12.9. The molecule has 0 aromatic rings.